The molecule has 2 aromatic rings. The van der Waals surface area contributed by atoms with Crippen LogP contribution in [0.1, 0.15) is 0 Å². The Morgan fingerprint density at radius 2 is 1.72 bits per heavy atom. The van der Waals surface area contributed by atoms with Gasteiger partial charge in [-0.15, -0.1) is 0 Å². The highest BCUT2D eigenvalue weighted by Gasteiger charge is 2.11. The van der Waals surface area contributed by atoms with E-state index in [0.717, 1.165) is 3.57 Å². The van der Waals surface area contributed by atoms with Crippen molar-refractivity contribution in [3.05, 3.63) is 50.0 Å². The van der Waals surface area contributed by atoms with E-state index in [4.69, 9.17) is 5.73 Å². The zero-order valence-corrected chi connectivity index (χ0v) is 12.7. The van der Waals surface area contributed by atoms with Crippen molar-refractivity contribution in [2.45, 2.75) is 0 Å². The summed E-state index contributed by atoms with van der Waals surface area (Å²) >= 11 is 5.13. The highest BCUT2D eigenvalue weighted by molar-refractivity contribution is 14.1. The molecule has 0 saturated carbocycles. The summed E-state index contributed by atoms with van der Waals surface area (Å²) in [6.45, 7) is 0. The Morgan fingerprint density at radius 1 is 1.11 bits per heavy atom. The van der Waals surface area contributed by atoms with Crippen LogP contribution in [0, 0.1) is 15.2 Å². The normalized spacial score (nSPS) is 10.4. The Bertz CT molecular complexity index is 582. The molecule has 2 rings (SSSR count). The minimum atomic E-state index is -0.681. The molecule has 0 unspecified atom stereocenters. The fraction of sp³-hybridized carbons (Fsp3) is 0. The lowest BCUT2D eigenvalue weighted by Crippen LogP contribution is -2.01. The Labute approximate surface area is 125 Å². The Balaban J connectivity index is 2.40. The number of benzene rings is 2. The van der Waals surface area contributed by atoms with E-state index >= 15 is 0 Å². The molecule has 18 heavy (non-hydrogen) atoms. The van der Waals surface area contributed by atoms with Gasteiger partial charge in [0.1, 0.15) is 5.69 Å². The summed E-state index contributed by atoms with van der Waals surface area (Å²) in [6, 6.07) is 7.58. The highest BCUT2D eigenvalue weighted by Crippen LogP contribution is 2.30. The highest BCUT2D eigenvalue weighted by atomic mass is 127. The first-order valence-electron chi connectivity index (χ1n) is 4.94. The second-order valence-electron chi connectivity index (χ2n) is 3.60. The smallest absolute Gasteiger partial charge is 0.150 e. The minimum Gasteiger partial charge on any atom is -0.397 e. The molecule has 0 amide bonds. The van der Waals surface area contributed by atoms with Gasteiger partial charge in [-0.25, -0.2) is 8.78 Å². The molecule has 0 fully saturated rings. The monoisotopic (exact) mass is 424 g/mol. The van der Waals surface area contributed by atoms with Gasteiger partial charge in [0.15, 0.2) is 11.6 Å². The maximum absolute atomic E-state index is 13.6. The quantitative estimate of drug-likeness (QED) is 0.543. The van der Waals surface area contributed by atoms with Gasteiger partial charge >= 0.3 is 0 Å². The number of nitrogens with one attached hydrogen (secondary N) is 1. The number of halogens is 4. The van der Waals surface area contributed by atoms with Gasteiger partial charge < -0.3 is 11.1 Å². The van der Waals surface area contributed by atoms with E-state index < -0.39 is 11.6 Å². The van der Waals surface area contributed by atoms with E-state index in [1.807, 2.05) is 0 Å². The molecule has 94 valence electrons. The summed E-state index contributed by atoms with van der Waals surface area (Å²) in [7, 11) is 0. The molecule has 0 spiro atoms. The van der Waals surface area contributed by atoms with Crippen LogP contribution >= 0.6 is 38.5 Å². The van der Waals surface area contributed by atoms with E-state index in [2.05, 4.69) is 43.8 Å². The van der Waals surface area contributed by atoms with E-state index in [1.165, 1.54) is 12.1 Å². The average molecular weight is 425 g/mol. The van der Waals surface area contributed by atoms with Crippen molar-refractivity contribution < 1.29 is 8.78 Å². The minimum absolute atomic E-state index is 0.217. The number of rotatable bonds is 2. The molecule has 3 N–H and O–H groups in total. The second kappa shape index (κ2) is 5.40. The lowest BCUT2D eigenvalue weighted by atomic mass is 10.2. The summed E-state index contributed by atoms with van der Waals surface area (Å²) < 4.78 is 28.6. The third kappa shape index (κ3) is 2.92. The second-order valence-corrected chi connectivity index (χ2v) is 5.76. The van der Waals surface area contributed by atoms with Crippen LogP contribution in [-0.2, 0) is 0 Å². The standard InChI is InChI=1S/C12H8BrF2IN2/c13-6-3-8(14)12(9(15)4-6)18-11-2-1-7(16)5-10(11)17/h1-5,18H,17H2. The predicted octanol–water partition coefficient (Wildman–Crippen LogP) is 4.66. The topological polar surface area (TPSA) is 38.0 Å². The number of hydrogen-bond donors (Lipinski definition) is 2. The Morgan fingerprint density at radius 3 is 2.28 bits per heavy atom. The number of anilines is 3. The molecule has 0 aliphatic carbocycles. The summed E-state index contributed by atoms with van der Waals surface area (Å²) in [6.07, 6.45) is 0. The molecular formula is C12H8BrF2IN2. The van der Waals surface area contributed by atoms with Crippen molar-refractivity contribution in [2.24, 2.45) is 0 Å². The van der Waals surface area contributed by atoms with Crippen molar-refractivity contribution in [1.29, 1.82) is 0 Å². The van der Waals surface area contributed by atoms with Crippen LogP contribution in [0.3, 0.4) is 0 Å². The fourth-order valence-electron chi connectivity index (χ4n) is 1.44. The van der Waals surface area contributed by atoms with E-state index in [1.54, 1.807) is 18.2 Å². The predicted molar refractivity (Wildman–Crippen MR) is 80.9 cm³/mol. The summed E-state index contributed by atoms with van der Waals surface area (Å²) in [5.41, 5.74) is 6.46. The molecule has 2 nitrogen and oxygen atoms in total. The third-order valence-corrected chi connectivity index (χ3v) is 3.41. The SMILES string of the molecule is Nc1cc(I)ccc1Nc1c(F)cc(Br)cc1F. The van der Waals surface area contributed by atoms with Crippen LogP contribution in [0.2, 0.25) is 0 Å². The number of nitrogens with two attached hydrogens (primary N) is 1. The molecule has 2 aromatic carbocycles. The number of hydrogen-bond acceptors (Lipinski definition) is 2. The first-order chi connectivity index (χ1) is 8.47. The van der Waals surface area contributed by atoms with E-state index in [-0.39, 0.29) is 5.69 Å². The fourth-order valence-corrected chi connectivity index (χ4v) is 2.36. The lowest BCUT2D eigenvalue weighted by molar-refractivity contribution is 0.589. The molecular weight excluding hydrogens is 417 g/mol. The molecule has 0 radical (unpaired) electrons. The van der Waals surface area contributed by atoms with Gasteiger partial charge in [-0.1, -0.05) is 15.9 Å². The third-order valence-electron chi connectivity index (χ3n) is 2.28. The molecule has 6 heteroatoms. The van der Waals surface area contributed by atoms with Gasteiger partial charge in [-0.2, -0.15) is 0 Å². The average Bonchev–Trinajstić information content (AvgIpc) is 2.25. The zero-order valence-electron chi connectivity index (χ0n) is 8.98. The Hall–Kier alpha value is -0.890. The van der Waals surface area contributed by atoms with Crippen LogP contribution in [-0.4, -0.2) is 0 Å². The van der Waals surface area contributed by atoms with Crippen molar-refractivity contribution >= 4 is 55.6 Å². The maximum Gasteiger partial charge on any atom is 0.150 e. The molecule has 0 bridgehead atoms. The zero-order chi connectivity index (χ0) is 13.3. The maximum atomic E-state index is 13.6. The summed E-state index contributed by atoms with van der Waals surface area (Å²) in [4.78, 5) is 0. The largest absolute Gasteiger partial charge is 0.397 e. The first kappa shape index (κ1) is 13.5. The molecule has 0 atom stereocenters. The van der Waals surface area contributed by atoms with Gasteiger partial charge in [0, 0.05) is 8.04 Å². The van der Waals surface area contributed by atoms with Crippen molar-refractivity contribution in [3.8, 4) is 0 Å². The van der Waals surface area contributed by atoms with Crippen molar-refractivity contribution in [1.82, 2.24) is 0 Å². The Kier molecular flexibility index (Phi) is 4.06. The van der Waals surface area contributed by atoms with Crippen LogP contribution in [0.25, 0.3) is 0 Å². The first-order valence-corrected chi connectivity index (χ1v) is 6.81. The van der Waals surface area contributed by atoms with Crippen molar-refractivity contribution in [2.75, 3.05) is 11.1 Å². The summed E-state index contributed by atoms with van der Waals surface area (Å²) in [5, 5.41) is 2.66. The molecule has 0 aliphatic rings. The van der Waals surface area contributed by atoms with Crippen LogP contribution in [0.15, 0.2) is 34.8 Å². The van der Waals surface area contributed by atoms with Crippen LogP contribution in [0.5, 0.6) is 0 Å². The van der Waals surface area contributed by atoms with Gasteiger partial charge in [0.25, 0.3) is 0 Å². The van der Waals surface area contributed by atoms with Crippen LogP contribution in [0.4, 0.5) is 25.8 Å². The van der Waals surface area contributed by atoms with E-state index in [0.29, 0.717) is 15.8 Å². The van der Waals surface area contributed by atoms with Crippen LogP contribution < -0.4 is 11.1 Å². The van der Waals surface area contributed by atoms with Crippen molar-refractivity contribution in [3.63, 3.8) is 0 Å². The van der Waals surface area contributed by atoms with Gasteiger partial charge in [-0.3, -0.25) is 0 Å². The molecule has 0 aliphatic heterocycles. The van der Waals surface area contributed by atoms with Gasteiger partial charge in [0.05, 0.1) is 11.4 Å². The molecule has 0 aromatic heterocycles. The molecule has 0 heterocycles. The van der Waals surface area contributed by atoms with Gasteiger partial charge in [-0.05, 0) is 52.9 Å². The summed E-state index contributed by atoms with van der Waals surface area (Å²) in [5.74, 6) is -1.36. The molecule has 0 saturated heterocycles. The lowest BCUT2D eigenvalue weighted by Gasteiger charge is -2.11. The van der Waals surface area contributed by atoms with E-state index in [9.17, 15) is 8.78 Å². The number of nitrogen functional groups attached to an aromatic ring is 1. The van der Waals surface area contributed by atoms with Gasteiger partial charge in [0.2, 0.25) is 0 Å².